The molecule has 1 aliphatic heterocycles. The van der Waals surface area contributed by atoms with Gasteiger partial charge in [0.2, 0.25) is 0 Å². The van der Waals surface area contributed by atoms with Gasteiger partial charge in [-0.05, 0) is 19.3 Å². The average molecular weight is 319 g/mol. The van der Waals surface area contributed by atoms with E-state index in [0.29, 0.717) is 39.0 Å². The Kier molecular flexibility index (Phi) is 4.06. The first-order valence-corrected chi connectivity index (χ1v) is 7.90. The van der Waals surface area contributed by atoms with Crippen LogP contribution >= 0.6 is 0 Å². The number of aryl methyl sites for hydroxylation is 1. The fourth-order valence-electron chi connectivity index (χ4n) is 2.69. The van der Waals surface area contributed by atoms with E-state index >= 15 is 0 Å². The summed E-state index contributed by atoms with van der Waals surface area (Å²) in [6.07, 6.45) is 3.44. The standard InChI is InChI=1S/C15H21N5O3/c1-2-11-9-12(17-10-16-11)19-5-7-20(8-6-19)14(23)18-15(3-4-15)13(21)22/h9-10H,2-8H2,1H3,(H,18,23)(H,21,22). The maximum atomic E-state index is 12.2. The Morgan fingerprint density at radius 2 is 1.96 bits per heavy atom. The third-order valence-electron chi connectivity index (χ3n) is 4.47. The highest BCUT2D eigenvalue weighted by Gasteiger charge is 2.52. The molecule has 0 unspecified atom stereocenters. The van der Waals surface area contributed by atoms with Gasteiger partial charge in [-0.1, -0.05) is 6.92 Å². The second-order valence-electron chi connectivity index (χ2n) is 6.01. The highest BCUT2D eigenvalue weighted by atomic mass is 16.4. The van der Waals surface area contributed by atoms with Gasteiger partial charge in [0.15, 0.2) is 0 Å². The van der Waals surface area contributed by atoms with Crippen molar-refractivity contribution in [1.82, 2.24) is 20.2 Å². The molecule has 0 bridgehead atoms. The minimum Gasteiger partial charge on any atom is -0.480 e. The van der Waals surface area contributed by atoms with Crippen molar-refractivity contribution >= 4 is 17.8 Å². The first kappa shape index (κ1) is 15.5. The molecule has 1 aliphatic carbocycles. The number of urea groups is 1. The number of aromatic nitrogens is 2. The van der Waals surface area contributed by atoms with Gasteiger partial charge in [0.05, 0.1) is 0 Å². The third kappa shape index (κ3) is 3.20. The lowest BCUT2D eigenvalue weighted by Crippen LogP contribution is -2.55. The molecule has 1 aromatic heterocycles. The maximum Gasteiger partial charge on any atom is 0.329 e. The Hall–Kier alpha value is -2.38. The van der Waals surface area contributed by atoms with Gasteiger partial charge in [-0.25, -0.2) is 19.6 Å². The second-order valence-corrected chi connectivity index (χ2v) is 6.01. The molecule has 0 aromatic carbocycles. The van der Waals surface area contributed by atoms with Crippen LogP contribution in [0.25, 0.3) is 0 Å². The molecule has 0 atom stereocenters. The molecule has 23 heavy (non-hydrogen) atoms. The number of piperazine rings is 1. The van der Waals surface area contributed by atoms with Crippen LogP contribution in [-0.4, -0.2) is 63.7 Å². The third-order valence-corrected chi connectivity index (χ3v) is 4.47. The lowest BCUT2D eigenvalue weighted by molar-refractivity contribution is -0.140. The average Bonchev–Trinajstić information content (AvgIpc) is 3.36. The number of amides is 2. The van der Waals surface area contributed by atoms with E-state index in [1.807, 2.05) is 13.0 Å². The van der Waals surface area contributed by atoms with Crippen LogP contribution < -0.4 is 10.2 Å². The van der Waals surface area contributed by atoms with Gasteiger partial charge >= 0.3 is 12.0 Å². The zero-order chi connectivity index (χ0) is 16.4. The topological polar surface area (TPSA) is 98.7 Å². The minimum atomic E-state index is -1.03. The summed E-state index contributed by atoms with van der Waals surface area (Å²) in [5.74, 6) is -0.0707. The molecule has 2 N–H and O–H groups in total. The van der Waals surface area contributed by atoms with Crippen LogP contribution in [0.1, 0.15) is 25.5 Å². The fourth-order valence-corrected chi connectivity index (χ4v) is 2.69. The van der Waals surface area contributed by atoms with Crippen LogP contribution in [0.4, 0.5) is 10.6 Å². The fraction of sp³-hybridized carbons (Fsp3) is 0.600. The van der Waals surface area contributed by atoms with E-state index in [4.69, 9.17) is 5.11 Å². The van der Waals surface area contributed by atoms with E-state index in [1.54, 1.807) is 11.2 Å². The Balaban J connectivity index is 1.56. The van der Waals surface area contributed by atoms with Crippen molar-refractivity contribution in [3.63, 3.8) is 0 Å². The molecule has 1 aromatic rings. The largest absolute Gasteiger partial charge is 0.480 e. The molecule has 0 spiro atoms. The van der Waals surface area contributed by atoms with E-state index in [1.165, 1.54) is 0 Å². The van der Waals surface area contributed by atoms with Gasteiger partial charge < -0.3 is 20.2 Å². The van der Waals surface area contributed by atoms with Gasteiger partial charge in [0.25, 0.3) is 0 Å². The molecule has 8 heteroatoms. The molecule has 3 rings (SSSR count). The maximum absolute atomic E-state index is 12.2. The molecular weight excluding hydrogens is 298 g/mol. The van der Waals surface area contributed by atoms with Crippen molar-refractivity contribution in [3.05, 3.63) is 18.1 Å². The highest BCUT2D eigenvalue weighted by Crippen LogP contribution is 2.35. The van der Waals surface area contributed by atoms with Crippen LogP contribution in [-0.2, 0) is 11.2 Å². The number of aliphatic carboxylic acids is 1. The lowest BCUT2D eigenvalue weighted by atomic mass is 10.2. The van der Waals surface area contributed by atoms with Crippen molar-refractivity contribution in [2.24, 2.45) is 0 Å². The van der Waals surface area contributed by atoms with Crippen LogP contribution in [0.5, 0.6) is 0 Å². The number of carboxylic acids is 1. The van der Waals surface area contributed by atoms with Gasteiger partial charge in [0.1, 0.15) is 17.7 Å². The van der Waals surface area contributed by atoms with Crippen molar-refractivity contribution in [1.29, 1.82) is 0 Å². The van der Waals surface area contributed by atoms with Gasteiger partial charge in [-0.15, -0.1) is 0 Å². The summed E-state index contributed by atoms with van der Waals surface area (Å²) < 4.78 is 0. The van der Waals surface area contributed by atoms with Crippen molar-refractivity contribution < 1.29 is 14.7 Å². The number of carbonyl (C=O) groups is 2. The van der Waals surface area contributed by atoms with Crippen molar-refractivity contribution in [2.45, 2.75) is 31.7 Å². The molecule has 2 fully saturated rings. The molecular formula is C15H21N5O3. The smallest absolute Gasteiger partial charge is 0.329 e. The molecule has 2 aliphatic rings. The Labute approximate surface area is 134 Å². The van der Waals surface area contributed by atoms with Crippen LogP contribution in [0, 0.1) is 0 Å². The second kappa shape index (κ2) is 6.02. The number of nitrogens with one attached hydrogen (secondary N) is 1. The first-order chi connectivity index (χ1) is 11.0. The summed E-state index contributed by atoms with van der Waals surface area (Å²) in [6.45, 7) is 4.49. The van der Waals surface area contributed by atoms with E-state index in [2.05, 4.69) is 20.2 Å². The molecule has 1 saturated carbocycles. The quantitative estimate of drug-likeness (QED) is 0.838. The Morgan fingerprint density at radius 1 is 1.26 bits per heavy atom. The predicted octanol–water partition coefficient (Wildman–Crippen LogP) is 0.488. The molecule has 2 amide bonds. The number of carboxylic acid groups (broad SMARTS) is 1. The lowest BCUT2D eigenvalue weighted by Gasteiger charge is -2.35. The number of anilines is 1. The van der Waals surface area contributed by atoms with Gasteiger partial charge in [0, 0.05) is 37.9 Å². The zero-order valence-electron chi connectivity index (χ0n) is 13.2. The molecule has 1 saturated heterocycles. The zero-order valence-corrected chi connectivity index (χ0v) is 13.2. The summed E-state index contributed by atoms with van der Waals surface area (Å²) >= 11 is 0. The van der Waals surface area contributed by atoms with Crippen molar-refractivity contribution in [2.75, 3.05) is 31.1 Å². The Morgan fingerprint density at radius 3 is 2.52 bits per heavy atom. The number of hydrogen-bond acceptors (Lipinski definition) is 5. The normalized spacial score (nSPS) is 19.3. The molecule has 8 nitrogen and oxygen atoms in total. The van der Waals surface area contributed by atoms with Crippen LogP contribution in [0.2, 0.25) is 0 Å². The Bertz CT molecular complexity index is 609. The summed E-state index contributed by atoms with van der Waals surface area (Å²) in [7, 11) is 0. The monoisotopic (exact) mass is 319 g/mol. The van der Waals surface area contributed by atoms with E-state index < -0.39 is 11.5 Å². The summed E-state index contributed by atoms with van der Waals surface area (Å²) in [5, 5.41) is 11.8. The number of hydrogen-bond donors (Lipinski definition) is 2. The highest BCUT2D eigenvalue weighted by molar-refractivity contribution is 5.89. The SMILES string of the molecule is CCc1cc(N2CCN(C(=O)NC3(C(=O)O)CC3)CC2)ncn1. The van der Waals surface area contributed by atoms with Gasteiger partial charge in [-0.2, -0.15) is 0 Å². The first-order valence-electron chi connectivity index (χ1n) is 7.90. The minimum absolute atomic E-state index is 0.290. The van der Waals surface area contributed by atoms with E-state index in [9.17, 15) is 9.59 Å². The van der Waals surface area contributed by atoms with Crippen LogP contribution in [0.15, 0.2) is 12.4 Å². The molecule has 0 radical (unpaired) electrons. The number of rotatable bonds is 4. The van der Waals surface area contributed by atoms with Crippen LogP contribution in [0.3, 0.4) is 0 Å². The summed E-state index contributed by atoms with van der Waals surface area (Å²) in [5.41, 5.74) is -0.0380. The summed E-state index contributed by atoms with van der Waals surface area (Å²) in [6, 6.07) is 1.68. The summed E-state index contributed by atoms with van der Waals surface area (Å²) in [4.78, 5) is 35.6. The number of nitrogens with zero attached hydrogens (tertiary/aromatic N) is 4. The number of carbonyl (C=O) groups excluding carboxylic acids is 1. The van der Waals surface area contributed by atoms with E-state index in [-0.39, 0.29) is 6.03 Å². The van der Waals surface area contributed by atoms with Crippen molar-refractivity contribution in [3.8, 4) is 0 Å². The predicted molar refractivity (Wildman–Crippen MR) is 83.3 cm³/mol. The van der Waals surface area contributed by atoms with Gasteiger partial charge in [-0.3, -0.25) is 0 Å². The molecule has 124 valence electrons. The van der Waals surface area contributed by atoms with E-state index in [0.717, 1.165) is 17.9 Å². The molecule has 2 heterocycles.